The Balaban J connectivity index is 1.75. The molecule has 0 radical (unpaired) electrons. The number of primary amides is 1. The van der Waals surface area contributed by atoms with E-state index in [-0.39, 0.29) is 81.9 Å². The SMILES string of the molecule is CCC(=O)N(C)CC(=O)N(C)C(CC(C)C)C(=O)NC(COC(C)(C)C)C(=O)N(C)C(Cc1ccccc1)C(=O)N(C)C(CC(C)C)C(=O)N(C)[C@@H](CC(=O)N1CCC[C@H]1C(=O)N(C)[C@@H](Cc1cccc(Cl)c1)C(=O)NC(C(=O)N(C)C(C(N)=O)C(C)C)C(C)C)C(=O)N1CCCCC1. The molecule has 25 nitrogen and oxygen atoms in total. The maximum Gasteiger partial charge on any atom is 0.247 e. The molecule has 9 atom stereocenters. The van der Waals surface area contributed by atoms with E-state index in [0.29, 0.717) is 48.5 Å². The second kappa shape index (κ2) is 38.2. The van der Waals surface area contributed by atoms with Crippen LogP contribution in [-0.2, 0) is 75.1 Å². The normalized spacial score (nSPS) is 16.5. The van der Waals surface area contributed by atoms with Crippen molar-refractivity contribution >= 4 is 82.5 Å². The molecule has 4 rings (SSSR count). The average Bonchev–Trinajstić information content (AvgIpc) is 1.61. The van der Waals surface area contributed by atoms with E-state index in [1.54, 1.807) is 115 Å². The molecule has 4 N–H and O–H groups in total. The molecule has 0 aromatic heterocycles. The van der Waals surface area contributed by atoms with Crippen LogP contribution in [0.4, 0.5) is 0 Å². The van der Waals surface area contributed by atoms with E-state index in [4.69, 9.17) is 22.1 Å². The summed E-state index contributed by atoms with van der Waals surface area (Å²) in [6.45, 7) is 21.7. The number of likely N-dealkylation sites (N-methyl/N-ethyl adjacent to an activating group) is 7. The Morgan fingerprint density at radius 2 is 1.13 bits per heavy atom. The third kappa shape index (κ3) is 23.7. The molecule has 2 aromatic carbocycles. The maximum atomic E-state index is 15.7. The summed E-state index contributed by atoms with van der Waals surface area (Å²) in [6, 6.07) is 4.76. The van der Waals surface area contributed by atoms with Crippen molar-refractivity contribution in [2.24, 2.45) is 29.4 Å². The molecule has 99 heavy (non-hydrogen) atoms. The fraction of sp³-hybridized carbons (Fsp3) is 0.671. The molecule has 2 aromatic rings. The second-order valence-electron chi connectivity index (χ2n) is 29.4. The Morgan fingerprint density at radius 3 is 1.68 bits per heavy atom. The number of carbonyl (C=O) groups excluding carboxylic acids is 12. The molecule has 2 fully saturated rings. The number of nitrogens with one attached hydrogen (secondary N) is 2. The van der Waals surface area contributed by atoms with Gasteiger partial charge in [-0.3, -0.25) is 57.5 Å². The number of nitrogens with two attached hydrogens (primary N) is 1. The highest BCUT2D eigenvalue weighted by Gasteiger charge is 2.46. The number of carbonyl (C=O) groups is 12. The van der Waals surface area contributed by atoms with E-state index >= 15 is 28.8 Å². The van der Waals surface area contributed by atoms with E-state index < -0.39 is 137 Å². The standard InChI is InChI=1S/C73H115ClN12O13/c1-20-59(87)78(13)43-61(89)79(14)54(37-45(2)3)65(91)76-52(44-99-73(10,11)12)67(93)81(16)57(40-49-29-23-21-24-30-49)70(96)82(17)56(38-46(4)5)69(95)83(18)58(71(97)85-34-25-22-26-35-85)42-60(88)86-36-28-33-53(86)68(94)80(15)55(41-50-31-27-32-51(74)39-50)66(92)77-62(47(6)7)72(98)84(19)63(48(8)9)64(75)90/h21,23-24,27,29-32,39,45-48,52-58,62-63H,20,22,25-26,28,33-38,40-44H2,1-19H3,(H2,75,90)(H,76,91)(H,77,92)/t52?,53-,54?,55-,56?,57?,58-,62?,63?/m0/s1. The van der Waals surface area contributed by atoms with Crippen LogP contribution >= 0.6 is 11.6 Å². The van der Waals surface area contributed by atoms with Gasteiger partial charge in [-0.1, -0.05) is 116 Å². The minimum absolute atomic E-state index is 0.0445. The van der Waals surface area contributed by atoms with E-state index in [2.05, 4.69) is 10.6 Å². The van der Waals surface area contributed by atoms with Gasteiger partial charge in [0.2, 0.25) is 70.9 Å². The Bertz CT molecular complexity index is 3120. The number of benzene rings is 2. The van der Waals surface area contributed by atoms with Gasteiger partial charge < -0.3 is 65.2 Å². The van der Waals surface area contributed by atoms with Crippen LogP contribution < -0.4 is 16.4 Å². The summed E-state index contributed by atoms with van der Waals surface area (Å²) >= 11 is 6.44. The average molecular weight is 1400 g/mol. The van der Waals surface area contributed by atoms with E-state index in [9.17, 15) is 28.8 Å². The van der Waals surface area contributed by atoms with Crippen LogP contribution in [0.15, 0.2) is 54.6 Å². The van der Waals surface area contributed by atoms with Gasteiger partial charge >= 0.3 is 0 Å². The fourth-order valence-corrected chi connectivity index (χ4v) is 13.1. The van der Waals surface area contributed by atoms with Crippen LogP contribution in [0, 0.1) is 23.7 Å². The smallest absolute Gasteiger partial charge is 0.247 e. The van der Waals surface area contributed by atoms with Crippen LogP contribution in [0.25, 0.3) is 0 Å². The number of nitrogens with zero attached hydrogens (tertiary/aromatic N) is 9. The van der Waals surface area contributed by atoms with Crippen LogP contribution in [0.3, 0.4) is 0 Å². The molecule has 0 spiro atoms. The summed E-state index contributed by atoms with van der Waals surface area (Å²) in [5, 5.41) is 6.12. The highest BCUT2D eigenvalue weighted by Crippen LogP contribution is 2.28. The quantitative estimate of drug-likeness (QED) is 0.0830. The molecule has 2 heterocycles. The molecule has 6 unspecified atom stereocenters. The molecule has 26 heteroatoms. The summed E-state index contributed by atoms with van der Waals surface area (Å²) < 4.78 is 6.18. The molecular formula is C73H115ClN12O13. The number of hydrogen-bond donors (Lipinski definition) is 3. The number of amides is 12. The zero-order chi connectivity index (χ0) is 74.7. The summed E-state index contributed by atoms with van der Waals surface area (Å²) in [7, 11) is 10.2. The Kier molecular flexibility index (Phi) is 32.3. The predicted octanol–water partition coefficient (Wildman–Crippen LogP) is 5.02. The van der Waals surface area contributed by atoms with Gasteiger partial charge in [-0.2, -0.15) is 0 Å². The third-order valence-corrected chi connectivity index (χ3v) is 19.0. The van der Waals surface area contributed by atoms with E-state index in [1.807, 2.05) is 27.7 Å². The lowest BCUT2D eigenvalue weighted by atomic mass is 9.97. The largest absolute Gasteiger partial charge is 0.373 e. The molecule has 0 aliphatic carbocycles. The van der Waals surface area contributed by atoms with Crippen molar-refractivity contribution in [3.63, 3.8) is 0 Å². The first-order valence-corrected chi connectivity index (χ1v) is 35.4. The van der Waals surface area contributed by atoms with Crippen molar-refractivity contribution in [2.75, 3.05) is 82.1 Å². The molecule has 2 aliphatic rings. The molecular weight excluding hydrogens is 1290 g/mol. The Hall–Kier alpha value is -7.67. The van der Waals surface area contributed by atoms with Gasteiger partial charge in [-0.05, 0) is 113 Å². The summed E-state index contributed by atoms with van der Waals surface area (Å²) in [5.41, 5.74) is 6.19. The van der Waals surface area contributed by atoms with E-state index in [1.165, 1.54) is 88.5 Å². The number of hydrogen-bond acceptors (Lipinski definition) is 13. The third-order valence-electron chi connectivity index (χ3n) is 18.8. The van der Waals surface area contributed by atoms with Gasteiger partial charge in [-0.25, -0.2) is 0 Å². The zero-order valence-electron chi connectivity index (χ0n) is 62.3. The Morgan fingerprint density at radius 1 is 0.586 bits per heavy atom. The maximum absolute atomic E-state index is 15.7. The van der Waals surface area contributed by atoms with Gasteiger partial charge in [-0.15, -0.1) is 0 Å². The first-order chi connectivity index (χ1) is 46.2. The number of halogens is 1. The summed E-state index contributed by atoms with van der Waals surface area (Å²) in [5.74, 6) is -8.26. The summed E-state index contributed by atoms with van der Waals surface area (Å²) in [4.78, 5) is 186. The number of rotatable bonds is 34. The van der Waals surface area contributed by atoms with Gasteiger partial charge in [0.15, 0.2) is 0 Å². The van der Waals surface area contributed by atoms with Crippen LogP contribution in [0.2, 0.25) is 5.02 Å². The van der Waals surface area contributed by atoms with Crippen molar-refractivity contribution in [3.8, 4) is 0 Å². The number of likely N-dealkylation sites (tertiary alicyclic amines) is 2. The molecule has 12 amide bonds. The first kappa shape index (κ1) is 83.7. The molecule has 2 saturated heterocycles. The van der Waals surface area contributed by atoms with Crippen molar-refractivity contribution in [2.45, 2.75) is 214 Å². The fourth-order valence-electron chi connectivity index (χ4n) is 12.9. The highest BCUT2D eigenvalue weighted by molar-refractivity contribution is 6.30. The second-order valence-corrected chi connectivity index (χ2v) is 29.8. The van der Waals surface area contributed by atoms with Crippen molar-refractivity contribution < 1.29 is 62.3 Å². The topological polar surface area (TPSA) is 293 Å². The lowest BCUT2D eigenvalue weighted by molar-refractivity contribution is -0.156. The monoisotopic (exact) mass is 1400 g/mol. The molecule has 2 aliphatic heterocycles. The van der Waals surface area contributed by atoms with Crippen molar-refractivity contribution in [1.82, 2.24) is 54.7 Å². The summed E-state index contributed by atoms with van der Waals surface area (Å²) in [6.07, 6.45) is 2.62. The number of piperidine rings is 1. The molecule has 0 bridgehead atoms. The molecule has 552 valence electrons. The van der Waals surface area contributed by atoms with Gasteiger partial charge in [0.1, 0.15) is 54.4 Å². The zero-order valence-corrected chi connectivity index (χ0v) is 63.1. The first-order valence-electron chi connectivity index (χ1n) is 35.0. The number of ether oxygens (including phenoxy) is 1. The minimum atomic E-state index is -1.42. The van der Waals surface area contributed by atoms with Gasteiger partial charge in [0.25, 0.3) is 0 Å². The van der Waals surface area contributed by atoms with Crippen LogP contribution in [-0.4, -0.2) is 257 Å². The van der Waals surface area contributed by atoms with Gasteiger partial charge in [0.05, 0.1) is 25.2 Å². The lowest BCUT2D eigenvalue weighted by Gasteiger charge is -2.40. The lowest BCUT2D eigenvalue weighted by Crippen LogP contribution is -2.62. The van der Waals surface area contributed by atoms with Crippen molar-refractivity contribution in [1.29, 1.82) is 0 Å². The predicted molar refractivity (Wildman–Crippen MR) is 380 cm³/mol. The van der Waals surface area contributed by atoms with Crippen LogP contribution in [0.5, 0.6) is 0 Å². The van der Waals surface area contributed by atoms with Gasteiger partial charge in [0, 0.05) is 93.3 Å². The molecule has 0 saturated carbocycles. The van der Waals surface area contributed by atoms with Crippen molar-refractivity contribution in [3.05, 3.63) is 70.7 Å². The van der Waals surface area contributed by atoms with E-state index in [0.717, 1.165) is 6.42 Å². The Labute approximate surface area is 592 Å². The minimum Gasteiger partial charge on any atom is -0.373 e. The highest BCUT2D eigenvalue weighted by atomic mass is 35.5. The van der Waals surface area contributed by atoms with Crippen LogP contribution in [0.1, 0.15) is 152 Å².